The summed E-state index contributed by atoms with van der Waals surface area (Å²) in [6, 6.07) is 2.86. The maximum atomic E-state index is 12.1. The SMILES string of the molecule is COC(=O)c1ccc(C(=O)OC)c(B2OC(C)(C)C(C)(C)O2)c1Cl. The Kier molecular flexibility index (Phi) is 5.00. The topological polar surface area (TPSA) is 71.1 Å². The summed E-state index contributed by atoms with van der Waals surface area (Å²) in [6.45, 7) is 7.51. The van der Waals surface area contributed by atoms with E-state index in [1.807, 2.05) is 27.7 Å². The molecule has 0 bridgehead atoms. The highest BCUT2D eigenvalue weighted by atomic mass is 35.5. The maximum Gasteiger partial charge on any atom is 0.497 e. The van der Waals surface area contributed by atoms with E-state index in [1.165, 1.54) is 26.4 Å². The molecule has 0 spiro atoms. The van der Waals surface area contributed by atoms with E-state index in [4.69, 9.17) is 30.4 Å². The Labute approximate surface area is 146 Å². The van der Waals surface area contributed by atoms with Gasteiger partial charge in [0.05, 0.1) is 41.6 Å². The molecule has 0 saturated carbocycles. The van der Waals surface area contributed by atoms with Gasteiger partial charge in [-0.15, -0.1) is 0 Å². The molecule has 1 aliphatic heterocycles. The molecule has 6 nitrogen and oxygen atoms in total. The van der Waals surface area contributed by atoms with Crippen LogP contribution in [0.4, 0.5) is 0 Å². The van der Waals surface area contributed by atoms with Crippen molar-refractivity contribution in [2.24, 2.45) is 0 Å². The third-order valence-electron chi connectivity index (χ3n) is 4.48. The number of hydrogen-bond donors (Lipinski definition) is 0. The Hall–Kier alpha value is -1.57. The molecule has 0 N–H and O–H groups in total. The van der Waals surface area contributed by atoms with Crippen LogP contribution < -0.4 is 5.46 Å². The molecule has 130 valence electrons. The average molecular weight is 355 g/mol. The summed E-state index contributed by atoms with van der Waals surface area (Å²) < 4.78 is 21.5. The number of carbonyl (C=O) groups is 2. The van der Waals surface area contributed by atoms with Crippen LogP contribution in [-0.2, 0) is 18.8 Å². The highest BCUT2D eigenvalue weighted by molar-refractivity contribution is 6.67. The second kappa shape index (κ2) is 6.39. The van der Waals surface area contributed by atoms with Gasteiger partial charge in [-0.25, -0.2) is 9.59 Å². The van der Waals surface area contributed by atoms with Crippen molar-refractivity contribution in [3.63, 3.8) is 0 Å². The van der Waals surface area contributed by atoms with E-state index in [9.17, 15) is 9.59 Å². The first kappa shape index (κ1) is 18.8. The highest BCUT2D eigenvalue weighted by Crippen LogP contribution is 2.37. The molecule has 1 heterocycles. The molecule has 0 aromatic heterocycles. The molecule has 1 aliphatic rings. The van der Waals surface area contributed by atoms with Gasteiger partial charge in [-0.2, -0.15) is 0 Å². The van der Waals surface area contributed by atoms with Crippen molar-refractivity contribution in [3.05, 3.63) is 28.3 Å². The van der Waals surface area contributed by atoms with Crippen LogP contribution >= 0.6 is 11.6 Å². The second-order valence-corrected chi connectivity index (χ2v) is 6.84. The molecule has 0 atom stereocenters. The first-order valence-corrected chi connectivity index (χ1v) is 7.78. The number of esters is 2. The van der Waals surface area contributed by atoms with Gasteiger partial charge in [0.1, 0.15) is 0 Å². The number of methoxy groups -OCH3 is 2. The predicted molar refractivity (Wildman–Crippen MR) is 89.8 cm³/mol. The van der Waals surface area contributed by atoms with Crippen LogP contribution in [0.15, 0.2) is 12.1 Å². The van der Waals surface area contributed by atoms with Crippen molar-refractivity contribution in [3.8, 4) is 0 Å². The molecule has 8 heteroatoms. The summed E-state index contributed by atoms with van der Waals surface area (Å²) >= 11 is 6.39. The van der Waals surface area contributed by atoms with Gasteiger partial charge in [0, 0.05) is 5.46 Å². The second-order valence-electron chi connectivity index (χ2n) is 6.46. The Bertz CT molecular complexity index is 669. The average Bonchev–Trinajstić information content (AvgIpc) is 2.73. The van der Waals surface area contributed by atoms with Gasteiger partial charge in [0.2, 0.25) is 0 Å². The molecule has 0 amide bonds. The van der Waals surface area contributed by atoms with Gasteiger partial charge < -0.3 is 18.8 Å². The van der Waals surface area contributed by atoms with Crippen LogP contribution in [0.2, 0.25) is 5.02 Å². The van der Waals surface area contributed by atoms with Gasteiger partial charge in [-0.05, 0) is 39.8 Å². The fourth-order valence-corrected chi connectivity index (χ4v) is 2.67. The zero-order valence-corrected chi connectivity index (χ0v) is 15.3. The van der Waals surface area contributed by atoms with Crippen molar-refractivity contribution in [1.82, 2.24) is 0 Å². The first-order chi connectivity index (χ1) is 11.1. The first-order valence-electron chi connectivity index (χ1n) is 7.40. The van der Waals surface area contributed by atoms with Crippen molar-refractivity contribution < 1.29 is 28.4 Å². The molecule has 1 aromatic rings. The third-order valence-corrected chi connectivity index (χ3v) is 4.89. The van der Waals surface area contributed by atoms with Crippen molar-refractivity contribution in [2.45, 2.75) is 38.9 Å². The number of hydrogen-bond acceptors (Lipinski definition) is 6. The molecule has 1 aromatic carbocycles. The Morgan fingerprint density at radius 1 is 0.958 bits per heavy atom. The lowest BCUT2D eigenvalue weighted by atomic mass is 9.75. The lowest BCUT2D eigenvalue weighted by Gasteiger charge is -2.32. The molecule has 0 aliphatic carbocycles. The molecule has 2 rings (SSSR count). The van der Waals surface area contributed by atoms with Gasteiger partial charge in [-0.3, -0.25) is 0 Å². The fourth-order valence-electron chi connectivity index (χ4n) is 2.34. The highest BCUT2D eigenvalue weighted by Gasteiger charge is 2.53. The number of benzene rings is 1. The van der Waals surface area contributed by atoms with E-state index in [1.54, 1.807) is 0 Å². The molecular formula is C16H20BClO6. The van der Waals surface area contributed by atoms with E-state index in [-0.39, 0.29) is 21.6 Å². The smallest absolute Gasteiger partial charge is 0.465 e. The summed E-state index contributed by atoms with van der Waals surface area (Å²) in [5.41, 5.74) is -0.707. The molecular weight excluding hydrogens is 334 g/mol. The Morgan fingerprint density at radius 3 is 1.83 bits per heavy atom. The van der Waals surface area contributed by atoms with Gasteiger partial charge in [0.25, 0.3) is 0 Å². The quantitative estimate of drug-likeness (QED) is 0.612. The number of ether oxygens (including phenoxy) is 2. The van der Waals surface area contributed by atoms with Gasteiger partial charge in [0.15, 0.2) is 0 Å². The van der Waals surface area contributed by atoms with Gasteiger partial charge >= 0.3 is 19.1 Å². The standard InChI is InChI=1S/C16H20BClO6/c1-15(2)16(3,4)24-17(23-15)11-9(13(19)21-5)7-8-10(12(11)18)14(20)22-6/h7-8H,1-6H3. The lowest BCUT2D eigenvalue weighted by molar-refractivity contribution is 0.00578. The molecule has 0 unspecified atom stereocenters. The van der Waals surface area contributed by atoms with Crippen LogP contribution in [0.1, 0.15) is 48.4 Å². The lowest BCUT2D eigenvalue weighted by Crippen LogP contribution is -2.41. The van der Waals surface area contributed by atoms with Gasteiger partial charge in [-0.1, -0.05) is 11.6 Å². The van der Waals surface area contributed by atoms with Crippen LogP contribution in [0.3, 0.4) is 0 Å². The van der Waals surface area contributed by atoms with Crippen LogP contribution in [0, 0.1) is 0 Å². The van der Waals surface area contributed by atoms with E-state index >= 15 is 0 Å². The van der Waals surface area contributed by atoms with Crippen LogP contribution in [0.25, 0.3) is 0 Å². The Morgan fingerprint density at radius 2 is 1.38 bits per heavy atom. The van der Waals surface area contributed by atoms with Crippen LogP contribution in [-0.4, -0.2) is 44.5 Å². The van der Waals surface area contributed by atoms with Crippen LogP contribution in [0.5, 0.6) is 0 Å². The summed E-state index contributed by atoms with van der Waals surface area (Å²) in [5.74, 6) is -1.22. The number of carbonyl (C=O) groups excluding carboxylic acids is 2. The molecule has 24 heavy (non-hydrogen) atoms. The monoisotopic (exact) mass is 354 g/mol. The third kappa shape index (κ3) is 3.03. The fraction of sp³-hybridized carbons (Fsp3) is 0.500. The summed E-state index contributed by atoms with van der Waals surface area (Å²) in [6.07, 6.45) is 0. The zero-order chi connectivity index (χ0) is 18.3. The van der Waals surface area contributed by atoms with Crippen molar-refractivity contribution in [2.75, 3.05) is 14.2 Å². The minimum atomic E-state index is -0.916. The minimum Gasteiger partial charge on any atom is -0.465 e. The molecule has 1 fully saturated rings. The summed E-state index contributed by atoms with van der Waals surface area (Å²) in [7, 11) is 1.60. The molecule has 1 saturated heterocycles. The Balaban J connectivity index is 2.62. The maximum absolute atomic E-state index is 12.1. The van der Waals surface area contributed by atoms with Crippen molar-refractivity contribution in [1.29, 1.82) is 0 Å². The minimum absolute atomic E-state index is 0.0447. The largest absolute Gasteiger partial charge is 0.497 e. The number of rotatable bonds is 3. The van der Waals surface area contributed by atoms with E-state index in [2.05, 4.69) is 0 Å². The zero-order valence-electron chi connectivity index (χ0n) is 14.6. The predicted octanol–water partition coefficient (Wildman–Crippen LogP) is 2.21. The van der Waals surface area contributed by atoms with Crippen molar-refractivity contribution >= 4 is 36.1 Å². The summed E-state index contributed by atoms with van der Waals surface area (Å²) in [4.78, 5) is 24.0. The molecule has 0 radical (unpaired) electrons. The summed E-state index contributed by atoms with van der Waals surface area (Å²) in [5, 5.41) is 0.0447. The normalized spacial score (nSPS) is 18.4. The number of halogens is 1. The van der Waals surface area contributed by atoms with E-state index in [0.29, 0.717) is 0 Å². The van der Waals surface area contributed by atoms with E-state index < -0.39 is 30.3 Å². The van der Waals surface area contributed by atoms with E-state index in [0.717, 1.165) is 0 Å².